The van der Waals surface area contributed by atoms with E-state index < -0.39 is 0 Å². The van der Waals surface area contributed by atoms with Crippen LogP contribution in [0.5, 0.6) is 0 Å². The molecule has 0 aliphatic rings. The van der Waals surface area contributed by atoms with Gasteiger partial charge < -0.3 is 5.32 Å². The van der Waals surface area contributed by atoms with Crippen molar-refractivity contribution in [2.24, 2.45) is 0 Å². The summed E-state index contributed by atoms with van der Waals surface area (Å²) in [6.45, 7) is 6.24. The highest BCUT2D eigenvalue weighted by atomic mass is 19.1. The number of aromatic nitrogens is 1. The minimum Gasteiger partial charge on any atom is -0.387 e. The van der Waals surface area contributed by atoms with Gasteiger partial charge in [0.1, 0.15) is 5.82 Å². The number of hydrogen-bond donors (Lipinski definition) is 1. The summed E-state index contributed by atoms with van der Waals surface area (Å²) in [5.74, 6) is 0.131. The summed E-state index contributed by atoms with van der Waals surface area (Å²) in [6, 6.07) is 4.71. The van der Waals surface area contributed by atoms with Crippen LogP contribution in [-0.4, -0.2) is 12.0 Å². The highest BCUT2D eigenvalue weighted by Gasteiger charge is 2.14. The zero-order valence-electron chi connectivity index (χ0n) is 10.6. The fourth-order valence-corrected chi connectivity index (χ4v) is 2.35. The molecule has 2 rings (SSSR count). The maximum Gasteiger partial charge on any atom is 0.124 e. The zero-order chi connectivity index (χ0) is 12.6. The molecule has 0 bridgehead atoms. The molecule has 1 heterocycles. The summed E-state index contributed by atoms with van der Waals surface area (Å²) in [4.78, 5) is 4.54. The molecule has 90 valence electrons. The van der Waals surface area contributed by atoms with E-state index in [1.165, 1.54) is 6.07 Å². The van der Waals surface area contributed by atoms with E-state index in [4.69, 9.17) is 0 Å². The second-order valence-electron chi connectivity index (χ2n) is 4.55. The number of anilines is 1. The van der Waals surface area contributed by atoms with Crippen LogP contribution in [0.1, 0.15) is 31.0 Å². The highest BCUT2D eigenvalue weighted by molar-refractivity contribution is 5.93. The summed E-state index contributed by atoms with van der Waals surface area (Å²) >= 11 is 0. The molecule has 0 fully saturated rings. The van der Waals surface area contributed by atoms with E-state index in [0.29, 0.717) is 5.92 Å². The van der Waals surface area contributed by atoms with Gasteiger partial charge in [-0.2, -0.15) is 0 Å². The van der Waals surface area contributed by atoms with Crippen molar-refractivity contribution in [2.45, 2.75) is 26.7 Å². The quantitative estimate of drug-likeness (QED) is 0.850. The van der Waals surface area contributed by atoms with E-state index in [0.717, 1.165) is 27.8 Å². The van der Waals surface area contributed by atoms with Gasteiger partial charge in [-0.15, -0.1) is 0 Å². The lowest BCUT2D eigenvalue weighted by Gasteiger charge is -2.17. The average molecular weight is 232 g/mol. The van der Waals surface area contributed by atoms with Crippen LogP contribution >= 0.6 is 0 Å². The van der Waals surface area contributed by atoms with Crippen molar-refractivity contribution in [1.29, 1.82) is 0 Å². The first kappa shape index (κ1) is 11.8. The first-order valence-corrected chi connectivity index (χ1v) is 5.82. The second kappa shape index (κ2) is 4.32. The number of halogens is 1. The average Bonchev–Trinajstić information content (AvgIpc) is 2.27. The molecule has 1 aromatic carbocycles. The van der Waals surface area contributed by atoms with Crippen LogP contribution in [0.2, 0.25) is 0 Å². The number of aryl methyl sites for hydroxylation is 1. The molecule has 0 radical (unpaired) electrons. The van der Waals surface area contributed by atoms with Crippen LogP contribution in [-0.2, 0) is 0 Å². The van der Waals surface area contributed by atoms with Gasteiger partial charge >= 0.3 is 0 Å². The van der Waals surface area contributed by atoms with Crippen LogP contribution < -0.4 is 5.32 Å². The third-order valence-corrected chi connectivity index (χ3v) is 3.00. The van der Waals surface area contributed by atoms with Crippen molar-refractivity contribution in [2.75, 3.05) is 12.4 Å². The Kier molecular flexibility index (Phi) is 3.01. The van der Waals surface area contributed by atoms with Gasteiger partial charge in [-0.25, -0.2) is 4.39 Å². The number of nitrogens with zero attached hydrogens (tertiary/aromatic N) is 1. The van der Waals surface area contributed by atoms with Gasteiger partial charge in [-0.1, -0.05) is 13.8 Å². The molecule has 2 aromatic rings. The number of hydrogen-bond acceptors (Lipinski definition) is 2. The minimum atomic E-state index is -0.227. The molecule has 0 aliphatic carbocycles. The lowest BCUT2D eigenvalue weighted by molar-refractivity contribution is 0.629. The van der Waals surface area contributed by atoms with E-state index in [-0.39, 0.29) is 5.82 Å². The number of rotatable bonds is 2. The first-order chi connectivity index (χ1) is 8.04. The largest absolute Gasteiger partial charge is 0.387 e. The summed E-state index contributed by atoms with van der Waals surface area (Å²) in [7, 11) is 1.87. The van der Waals surface area contributed by atoms with Crippen molar-refractivity contribution in [3.63, 3.8) is 0 Å². The number of pyridine rings is 1. The third-order valence-electron chi connectivity index (χ3n) is 3.00. The third kappa shape index (κ3) is 1.97. The Morgan fingerprint density at radius 2 is 2.00 bits per heavy atom. The van der Waals surface area contributed by atoms with Crippen LogP contribution in [0.25, 0.3) is 10.9 Å². The van der Waals surface area contributed by atoms with Gasteiger partial charge in [0.25, 0.3) is 0 Å². The first-order valence-electron chi connectivity index (χ1n) is 5.82. The van der Waals surface area contributed by atoms with Crippen LogP contribution in [0.3, 0.4) is 0 Å². The Balaban J connectivity index is 2.87. The lowest BCUT2D eigenvalue weighted by Crippen LogP contribution is -2.04. The Bertz CT molecular complexity index is 562. The van der Waals surface area contributed by atoms with Gasteiger partial charge in [0.2, 0.25) is 0 Å². The maximum atomic E-state index is 13.3. The molecule has 2 nitrogen and oxygen atoms in total. The van der Waals surface area contributed by atoms with Gasteiger partial charge in [-0.05, 0) is 36.6 Å². The van der Waals surface area contributed by atoms with Crippen molar-refractivity contribution < 1.29 is 4.39 Å². The molecular formula is C14H17FN2. The van der Waals surface area contributed by atoms with E-state index in [9.17, 15) is 4.39 Å². The Morgan fingerprint density at radius 3 is 2.59 bits per heavy atom. The van der Waals surface area contributed by atoms with E-state index >= 15 is 0 Å². The smallest absolute Gasteiger partial charge is 0.124 e. The molecule has 0 saturated carbocycles. The summed E-state index contributed by atoms with van der Waals surface area (Å²) in [5.41, 5.74) is 3.98. The van der Waals surface area contributed by atoms with Gasteiger partial charge in [-0.3, -0.25) is 4.98 Å². The molecule has 1 N–H and O–H groups in total. The summed E-state index contributed by atoms with van der Waals surface area (Å²) < 4.78 is 13.3. The van der Waals surface area contributed by atoms with Crippen molar-refractivity contribution in [3.8, 4) is 0 Å². The van der Waals surface area contributed by atoms with Crippen molar-refractivity contribution in [3.05, 3.63) is 35.3 Å². The molecule has 0 amide bonds. The van der Waals surface area contributed by atoms with E-state index in [2.05, 4.69) is 24.1 Å². The second-order valence-corrected chi connectivity index (χ2v) is 4.55. The SMILES string of the molecule is CNc1c(C(C)C)c(C)nc2ccc(F)cc12. The normalized spacial score (nSPS) is 11.2. The predicted molar refractivity (Wildman–Crippen MR) is 70.1 cm³/mol. The molecule has 0 spiro atoms. The molecule has 1 aromatic heterocycles. The molecule has 3 heteroatoms. The number of fused-ring (bicyclic) bond motifs is 1. The zero-order valence-corrected chi connectivity index (χ0v) is 10.6. The molecule has 0 saturated heterocycles. The summed E-state index contributed by atoms with van der Waals surface area (Å²) in [5, 5.41) is 4.03. The predicted octanol–water partition coefficient (Wildman–Crippen LogP) is 3.85. The minimum absolute atomic E-state index is 0.227. The molecule has 17 heavy (non-hydrogen) atoms. The van der Waals surface area contributed by atoms with Crippen LogP contribution in [0, 0.1) is 12.7 Å². The van der Waals surface area contributed by atoms with Crippen molar-refractivity contribution in [1.82, 2.24) is 4.98 Å². The topological polar surface area (TPSA) is 24.9 Å². The molecule has 0 atom stereocenters. The Morgan fingerprint density at radius 1 is 1.29 bits per heavy atom. The van der Waals surface area contributed by atoms with Crippen LogP contribution in [0.15, 0.2) is 18.2 Å². The van der Waals surface area contributed by atoms with Gasteiger partial charge in [0.15, 0.2) is 0 Å². The van der Waals surface area contributed by atoms with E-state index in [1.807, 2.05) is 14.0 Å². The number of nitrogens with one attached hydrogen (secondary N) is 1. The number of benzene rings is 1. The molecular weight excluding hydrogens is 215 g/mol. The standard InChI is InChI=1S/C14H17FN2/c1-8(2)13-9(3)17-12-6-5-10(15)7-11(12)14(13)16-4/h5-8H,1-4H3,(H,16,17). The van der Waals surface area contributed by atoms with Crippen molar-refractivity contribution >= 4 is 16.6 Å². The van der Waals surface area contributed by atoms with E-state index in [1.54, 1.807) is 12.1 Å². The fraction of sp³-hybridized carbons (Fsp3) is 0.357. The highest BCUT2D eigenvalue weighted by Crippen LogP contribution is 2.33. The molecule has 0 aliphatic heterocycles. The Hall–Kier alpha value is -1.64. The fourth-order valence-electron chi connectivity index (χ4n) is 2.35. The monoisotopic (exact) mass is 232 g/mol. The van der Waals surface area contributed by atoms with Crippen LogP contribution in [0.4, 0.5) is 10.1 Å². The van der Waals surface area contributed by atoms with Gasteiger partial charge in [0.05, 0.1) is 5.52 Å². The molecule has 0 unspecified atom stereocenters. The lowest BCUT2D eigenvalue weighted by atomic mass is 9.97. The maximum absolute atomic E-state index is 13.3. The Labute approximate surface area is 101 Å². The summed E-state index contributed by atoms with van der Waals surface area (Å²) in [6.07, 6.45) is 0. The van der Waals surface area contributed by atoms with Gasteiger partial charge in [0, 0.05) is 23.8 Å².